The summed E-state index contributed by atoms with van der Waals surface area (Å²) in [5.74, 6) is 0. The lowest BCUT2D eigenvalue weighted by atomic mass is 10.3. The molecule has 6 nitrogen and oxygen atoms in total. The van der Waals surface area contributed by atoms with E-state index in [-0.39, 0.29) is 13.2 Å². The molecule has 0 aliphatic rings. The molecule has 0 aliphatic heterocycles. The molecule has 0 fully saturated rings. The van der Waals surface area contributed by atoms with Gasteiger partial charge in [0.15, 0.2) is 0 Å². The lowest BCUT2D eigenvalue weighted by Gasteiger charge is -2.00. The second-order valence-electron chi connectivity index (χ2n) is 2.84. The maximum absolute atomic E-state index is 8.26. The third-order valence-electron chi connectivity index (χ3n) is 1.54. The molecule has 0 amide bonds. The second-order valence-corrected chi connectivity index (χ2v) is 2.84. The van der Waals surface area contributed by atoms with Crippen LogP contribution in [0, 0.1) is 22.7 Å². The molecule has 0 atom stereocenters. The Morgan fingerprint density at radius 3 is 1.62 bits per heavy atom. The molecule has 0 aromatic carbocycles. The molecule has 0 aromatic rings. The zero-order valence-corrected chi connectivity index (χ0v) is 9.43. The SMILES string of the molecule is CC(=NOCCC#N)C(C)=NOCCC#N. The molecule has 16 heavy (non-hydrogen) atoms. The van der Waals surface area contributed by atoms with Crippen LogP contribution in [0.2, 0.25) is 0 Å². The van der Waals surface area contributed by atoms with E-state index in [0.29, 0.717) is 24.3 Å². The molecule has 0 rings (SSSR count). The summed E-state index contributed by atoms with van der Waals surface area (Å²) >= 11 is 0. The van der Waals surface area contributed by atoms with E-state index in [1.807, 2.05) is 12.1 Å². The van der Waals surface area contributed by atoms with Crippen molar-refractivity contribution in [2.75, 3.05) is 13.2 Å². The Labute approximate surface area is 94.7 Å². The van der Waals surface area contributed by atoms with E-state index in [4.69, 9.17) is 20.2 Å². The quantitative estimate of drug-likeness (QED) is 0.371. The van der Waals surface area contributed by atoms with E-state index in [9.17, 15) is 0 Å². The van der Waals surface area contributed by atoms with Crippen molar-refractivity contribution in [1.29, 1.82) is 10.5 Å². The first-order valence-electron chi connectivity index (χ1n) is 4.79. The molecule has 0 saturated heterocycles. The minimum Gasteiger partial charge on any atom is -0.394 e. The largest absolute Gasteiger partial charge is 0.394 e. The number of nitrogens with zero attached hydrogens (tertiary/aromatic N) is 4. The van der Waals surface area contributed by atoms with Crippen LogP contribution in [0.3, 0.4) is 0 Å². The molecular formula is C10H14N4O2. The molecule has 0 N–H and O–H groups in total. The smallest absolute Gasteiger partial charge is 0.130 e. The number of nitriles is 2. The summed E-state index contributed by atoms with van der Waals surface area (Å²) in [6.07, 6.45) is 0.595. The van der Waals surface area contributed by atoms with Crippen LogP contribution < -0.4 is 0 Å². The zero-order valence-electron chi connectivity index (χ0n) is 9.43. The minimum atomic E-state index is 0.260. The van der Waals surface area contributed by atoms with Crippen molar-refractivity contribution in [3.05, 3.63) is 0 Å². The highest BCUT2D eigenvalue weighted by molar-refractivity contribution is 6.40. The van der Waals surface area contributed by atoms with Gasteiger partial charge in [-0.1, -0.05) is 10.3 Å². The van der Waals surface area contributed by atoms with Crippen molar-refractivity contribution in [3.8, 4) is 12.1 Å². The third-order valence-corrected chi connectivity index (χ3v) is 1.54. The predicted molar refractivity (Wildman–Crippen MR) is 58.6 cm³/mol. The summed E-state index contributed by atoms with van der Waals surface area (Å²) in [5.41, 5.74) is 1.16. The molecule has 0 unspecified atom stereocenters. The van der Waals surface area contributed by atoms with E-state index in [2.05, 4.69) is 10.3 Å². The molecule has 0 radical (unpaired) electrons. The fourth-order valence-corrected chi connectivity index (χ4v) is 0.600. The highest BCUT2D eigenvalue weighted by Gasteiger charge is 1.98. The maximum Gasteiger partial charge on any atom is 0.130 e. The minimum absolute atomic E-state index is 0.260. The van der Waals surface area contributed by atoms with Crippen molar-refractivity contribution in [2.24, 2.45) is 10.3 Å². The molecule has 0 aliphatic carbocycles. The van der Waals surface area contributed by atoms with E-state index >= 15 is 0 Å². The van der Waals surface area contributed by atoms with Crippen molar-refractivity contribution in [2.45, 2.75) is 26.7 Å². The number of oxime groups is 2. The Balaban J connectivity index is 3.92. The van der Waals surface area contributed by atoms with E-state index < -0.39 is 0 Å². The monoisotopic (exact) mass is 222 g/mol. The van der Waals surface area contributed by atoms with Gasteiger partial charge in [-0.25, -0.2) is 0 Å². The summed E-state index contributed by atoms with van der Waals surface area (Å²) in [6.45, 7) is 3.96. The maximum atomic E-state index is 8.26. The van der Waals surface area contributed by atoms with Crippen LogP contribution in [-0.2, 0) is 9.68 Å². The first-order valence-corrected chi connectivity index (χ1v) is 4.79. The lowest BCUT2D eigenvalue weighted by Crippen LogP contribution is -2.07. The van der Waals surface area contributed by atoms with Gasteiger partial charge in [-0.05, 0) is 13.8 Å². The zero-order chi connectivity index (χ0) is 12.2. The molecular weight excluding hydrogens is 208 g/mol. The Hall–Kier alpha value is -2.08. The van der Waals surface area contributed by atoms with Crippen molar-refractivity contribution in [1.82, 2.24) is 0 Å². The first-order chi connectivity index (χ1) is 7.72. The van der Waals surface area contributed by atoms with Gasteiger partial charge in [-0.2, -0.15) is 10.5 Å². The Morgan fingerprint density at radius 2 is 1.31 bits per heavy atom. The number of hydrogen-bond donors (Lipinski definition) is 0. The summed E-state index contributed by atoms with van der Waals surface area (Å²) in [6, 6.07) is 3.88. The van der Waals surface area contributed by atoms with Crippen LogP contribution in [-0.4, -0.2) is 24.6 Å². The van der Waals surface area contributed by atoms with Gasteiger partial charge in [-0.15, -0.1) is 0 Å². The van der Waals surface area contributed by atoms with E-state index in [0.717, 1.165) is 0 Å². The van der Waals surface area contributed by atoms with Crippen LogP contribution >= 0.6 is 0 Å². The predicted octanol–water partition coefficient (Wildman–Crippen LogP) is 1.60. The van der Waals surface area contributed by atoms with E-state index in [1.165, 1.54) is 0 Å². The van der Waals surface area contributed by atoms with Crippen LogP contribution in [0.4, 0.5) is 0 Å². The molecule has 0 bridgehead atoms. The van der Waals surface area contributed by atoms with Crippen molar-refractivity contribution < 1.29 is 9.68 Å². The molecule has 86 valence electrons. The van der Waals surface area contributed by atoms with Crippen molar-refractivity contribution in [3.63, 3.8) is 0 Å². The van der Waals surface area contributed by atoms with Gasteiger partial charge in [0.1, 0.15) is 24.6 Å². The van der Waals surface area contributed by atoms with Gasteiger partial charge in [0.25, 0.3) is 0 Å². The molecule has 0 saturated carbocycles. The normalized spacial score (nSPS) is 11.5. The highest BCUT2D eigenvalue weighted by Crippen LogP contribution is 1.90. The molecule has 0 aromatic heterocycles. The van der Waals surface area contributed by atoms with Crippen LogP contribution in [0.25, 0.3) is 0 Å². The van der Waals surface area contributed by atoms with Gasteiger partial charge >= 0.3 is 0 Å². The van der Waals surface area contributed by atoms with E-state index in [1.54, 1.807) is 13.8 Å². The molecule has 0 heterocycles. The fraction of sp³-hybridized carbons (Fsp3) is 0.600. The van der Waals surface area contributed by atoms with Crippen LogP contribution in [0.15, 0.2) is 10.3 Å². The Bertz CT molecular complexity index is 302. The lowest BCUT2D eigenvalue weighted by molar-refractivity contribution is 0.147. The molecule has 6 heteroatoms. The van der Waals surface area contributed by atoms with Gasteiger partial charge in [-0.3, -0.25) is 0 Å². The van der Waals surface area contributed by atoms with Crippen molar-refractivity contribution >= 4 is 11.4 Å². The number of hydrogen-bond acceptors (Lipinski definition) is 6. The van der Waals surface area contributed by atoms with Gasteiger partial charge in [0.05, 0.1) is 25.0 Å². The second kappa shape index (κ2) is 9.47. The summed E-state index contributed by atoms with van der Waals surface area (Å²) < 4.78 is 0. The average Bonchev–Trinajstić information content (AvgIpc) is 2.29. The summed E-state index contributed by atoms with van der Waals surface area (Å²) in [4.78, 5) is 9.72. The first kappa shape index (κ1) is 13.9. The fourth-order valence-electron chi connectivity index (χ4n) is 0.600. The van der Waals surface area contributed by atoms with Crippen LogP contribution in [0.5, 0.6) is 0 Å². The Morgan fingerprint density at radius 1 is 0.938 bits per heavy atom. The Kier molecular flexibility index (Phi) is 8.24. The standard InChI is InChI=1S/C10H14N4O2/c1-9(13-15-7-3-5-11)10(2)14-16-8-4-6-12/h3-4,7-8H2,1-2H3. The average molecular weight is 222 g/mol. The highest BCUT2D eigenvalue weighted by atomic mass is 16.6. The van der Waals surface area contributed by atoms with Gasteiger partial charge < -0.3 is 9.68 Å². The van der Waals surface area contributed by atoms with Gasteiger partial charge in [0, 0.05) is 0 Å². The number of rotatable bonds is 7. The van der Waals surface area contributed by atoms with Crippen LogP contribution in [0.1, 0.15) is 26.7 Å². The van der Waals surface area contributed by atoms with Gasteiger partial charge in [0.2, 0.25) is 0 Å². The summed E-state index contributed by atoms with van der Waals surface area (Å²) in [7, 11) is 0. The topological polar surface area (TPSA) is 90.8 Å². The summed E-state index contributed by atoms with van der Waals surface area (Å²) in [5, 5.41) is 24.0. The third kappa shape index (κ3) is 7.34. The molecule has 0 spiro atoms.